The van der Waals surface area contributed by atoms with Gasteiger partial charge in [-0.2, -0.15) is 0 Å². The number of hydrogen-bond donors (Lipinski definition) is 2. The zero-order chi connectivity index (χ0) is 16.4. The number of hydrogen-bond acceptors (Lipinski definition) is 5. The van der Waals surface area contributed by atoms with E-state index >= 15 is 0 Å². The Hall–Kier alpha value is -2.83. The summed E-state index contributed by atoms with van der Waals surface area (Å²) in [5.41, 5.74) is 8.17. The maximum atomic E-state index is 11.1. The van der Waals surface area contributed by atoms with Crippen LogP contribution in [0.3, 0.4) is 0 Å². The molecule has 0 saturated heterocycles. The molecular weight excluding hydrogens is 282 g/mol. The molecule has 7 nitrogen and oxygen atoms in total. The second-order valence-corrected chi connectivity index (χ2v) is 5.31. The first-order chi connectivity index (χ1) is 10.3. The minimum atomic E-state index is -0.656. The molecule has 1 aromatic heterocycles. The number of amidine groups is 1. The van der Waals surface area contributed by atoms with Crippen molar-refractivity contribution in [2.75, 3.05) is 33.1 Å². The van der Waals surface area contributed by atoms with Crippen molar-refractivity contribution in [3.63, 3.8) is 0 Å². The normalized spacial score (nSPS) is 10.4. The van der Waals surface area contributed by atoms with Crippen LogP contribution in [0.1, 0.15) is 16.1 Å². The van der Waals surface area contributed by atoms with Gasteiger partial charge in [0.1, 0.15) is 11.5 Å². The highest BCUT2D eigenvalue weighted by atomic mass is 16.5. The summed E-state index contributed by atoms with van der Waals surface area (Å²) in [4.78, 5) is 14.8. The fraction of sp³-hybridized carbons (Fsp3) is 0.267. The summed E-state index contributed by atoms with van der Waals surface area (Å²) in [7, 11) is 7.44. The van der Waals surface area contributed by atoms with Crippen LogP contribution in [0.2, 0.25) is 0 Å². The Morgan fingerprint density at radius 3 is 2.41 bits per heavy atom. The van der Waals surface area contributed by atoms with Crippen LogP contribution in [0.5, 0.6) is 0 Å². The van der Waals surface area contributed by atoms with E-state index in [1.165, 1.54) is 6.07 Å². The quantitative estimate of drug-likeness (QED) is 0.656. The van der Waals surface area contributed by atoms with Gasteiger partial charge in [-0.1, -0.05) is 11.2 Å². The lowest BCUT2D eigenvalue weighted by Gasteiger charge is -2.20. The molecule has 0 aliphatic carbocycles. The molecule has 3 N–H and O–H groups in total. The number of carbonyl (C=O) groups is 1. The van der Waals surface area contributed by atoms with Crippen molar-refractivity contribution in [3.8, 4) is 11.3 Å². The van der Waals surface area contributed by atoms with Crippen molar-refractivity contribution in [1.82, 2.24) is 10.1 Å². The van der Waals surface area contributed by atoms with Crippen molar-refractivity contribution < 1.29 is 9.32 Å². The molecule has 0 unspecified atom stereocenters. The number of amides is 1. The first-order valence-corrected chi connectivity index (χ1v) is 6.65. The third-order valence-corrected chi connectivity index (χ3v) is 3.23. The zero-order valence-corrected chi connectivity index (χ0v) is 13.0. The van der Waals surface area contributed by atoms with Crippen LogP contribution in [-0.4, -0.2) is 50.0 Å². The molecule has 0 radical (unpaired) electrons. The SMILES string of the molecule is CN(C)C(=N)c1ccc(-c2cc(C(N)=O)on2)c(N(C)C)c1. The molecule has 1 aromatic carbocycles. The van der Waals surface area contributed by atoms with Gasteiger partial charge >= 0.3 is 0 Å². The van der Waals surface area contributed by atoms with Gasteiger partial charge in [0, 0.05) is 51.1 Å². The van der Waals surface area contributed by atoms with Crippen molar-refractivity contribution in [2.45, 2.75) is 0 Å². The standard InChI is InChI=1S/C15H19N5O2/c1-19(2)12-7-9(14(16)20(3)4)5-6-10(12)11-8-13(15(17)21)22-18-11/h5-8,16H,1-4H3,(H2,17,21). The molecule has 0 bridgehead atoms. The van der Waals surface area contributed by atoms with Crippen LogP contribution >= 0.6 is 0 Å². The van der Waals surface area contributed by atoms with Crippen LogP contribution in [0.15, 0.2) is 28.8 Å². The van der Waals surface area contributed by atoms with E-state index in [0.717, 1.165) is 16.8 Å². The number of carbonyl (C=O) groups excluding carboxylic acids is 1. The Labute approximate surface area is 128 Å². The highest BCUT2D eigenvalue weighted by Gasteiger charge is 2.16. The fourth-order valence-electron chi connectivity index (χ4n) is 2.04. The fourth-order valence-corrected chi connectivity index (χ4v) is 2.04. The summed E-state index contributed by atoms with van der Waals surface area (Å²) < 4.78 is 4.94. The average molecular weight is 301 g/mol. The molecule has 0 saturated carbocycles. The second kappa shape index (κ2) is 5.88. The lowest BCUT2D eigenvalue weighted by molar-refractivity contribution is 0.0965. The summed E-state index contributed by atoms with van der Waals surface area (Å²) in [5.74, 6) is -0.228. The molecule has 0 atom stereocenters. The van der Waals surface area contributed by atoms with E-state index in [1.807, 2.05) is 51.3 Å². The van der Waals surface area contributed by atoms with Crippen molar-refractivity contribution in [1.29, 1.82) is 5.41 Å². The zero-order valence-electron chi connectivity index (χ0n) is 13.0. The molecule has 0 fully saturated rings. The van der Waals surface area contributed by atoms with E-state index in [4.69, 9.17) is 15.7 Å². The molecule has 22 heavy (non-hydrogen) atoms. The van der Waals surface area contributed by atoms with Crippen LogP contribution in [0, 0.1) is 5.41 Å². The number of rotatable bonds is 4. The van der Waals surface area contributed by atoms with E-state index in [0.29, 0.717) is 11.5 Å². The number of nitrogens with two attached hydrogens (primary N) is 1. The minimum Gasteiger partial charge on any atom is -0.377 e. The Balaban J connectivity index is 2.51. The molecule has 2 rings (SSSR count). The topological polar surface area (TPSA) is 99.5 Å². The first kappa shape index (κ1) is 15.6. The van der Waals surface area contributed by atoms with Gasteiger partial charge in [-0.05, 0) is 12.1 Å². The Bertz CT molecular complexity index is 718. The highest BCUT2D eigenvalue weighted by Crippen LogP contribution is 2.30. The van der Waals surface area contributed by atoms with E-state index in [-0.39, 0.29) is 5.76 Å². The molecule has 0 aliphatic heterocycles. The van der Waals surface area contributed by atoms with Crippen molar-refractivity contribution in [2.24, 2.45) is 5.73 Å². The molecule has 0 aliphatic rings. The number of nitrogens with one attached hydrogen (secondary N) is 1. The summed E-state index contributed by atoms with van der Waals surface area (Å²) in [6, 6.07) is 7.10. The maximum absolute atomic E-state index is 11.1. The van der Waals surface area contributed by atoms with Gasteiger partial charge in [0.05, 0.1) is 0 Å². The summed E-state index contributed by atoms with van der Waals surface area (Å²) in [6.45, 7) is 0. The molecular formula is C15H19N5O2. The van der Waals surface area contributed by atoms with Crippen molar-refractivity contribution in [3.05, 3.63) is 35.6 Å². The van der Waals surface area contributed by atoms with E-state index < -0.39 is 5.91 Å². The summed E-state index contributed by atoms with van der Waals surface area (Å²) in [5, 5.41) is 12.0. The highest BCUT2D eigenvalue weighted by molar-refractivity contribution is 5.98. The largest absolute Gasteiger partial charge is 0.377 e. The van der Waals surface area contributed by atoms with E-state index in [9.17, 15) is 4.79 Å². The predicted octanol–water partition coefficient (Wildman–Crippen LogP) is 1.39. The third-order valence-electron chi connectivity index (χ3n) is 3.23. The van der Waals surface area contributed by atoms with Crippen LogP contribution in [0.25, 0.3) is 11.3 Å². The van der Waals surface area contributed by atoms with Crippen LogP contribution in [-0.2, 0) is 0 Å². The smallest absolute Gasteiger partial charge is 0.287 e. The van der Waals surface area contributed by atoms with E-state index in [2.05, 4.69) is 5.16 Å². The van der Waals surface area contributed by atoms with Gasteiger partial charge in [-0.3, -0.25) is 10.2 Å². The Morgan fingerprint density at radius 2 is 1.91 bits per heavy atom. The molecule has 116 valence electrons. The van der Waals surface area contributed by atoms with Crippen molar-refractivity contribution >= 4 is 17.4 Å². The Morgan fingerprint density at radius 1 is 1.23 bits per heavy atom. The van der Waals surface area contributed by atoms with Crippen LogP contribution in [0.4, 0.5) is 5.69 Å². The monoisotopic (exact) mass is 301 g/mol. The van der Waals surface area contributed by atoms with Gasteiger partial charge in [0.2, 0.25) is 5.76 Å². The molecule has 2 aromatic rings. The number of primary amides is 1. The second-order valence-electron chi connectivity index (χ2n) is 5.31. The molecule has 0 spiro atoms. The lowest BCUT2D eigenvalue weighted by Crippen LogP contribution is -2.22. The third kappa shape index (κ3) is 2.93. The molecule has 7 heteroatoms. The Kier molecular flexibility index (Phi) is 4.16. The van der Waals surface area contributed by atoms with E-state index in [1.54, 1.807) is 4.90 Å². The summed E-state index contributed by atoms with van der Waals surface area (Å²) in [6.07, 6.45) is 0. The molecule has 1 amide bonds. The lowest BCUT2D eigenvalue weighted by atomic mass is 10.0. The predicted molar refractivity (Wildman–Crippen MR) is 85.3 cm³/mol. The average Bonchev–Trinajstić information content (AvgIpc) is 2.95. The first-order valence-electron chi connectivity index (χ1n) is 6.65. The van der Waals surface area contributed by atoms with Gasteiger partial charge in [-0.25, -0.2) is 0 Å². The molecule has 1 heterocycles. The number of nitrogens with zero attached hydrogens (tertiary/aromatic N) is 3. The van der Waals surface area contributed by atoms with Gasteiger partial charge in [0.25, 0.3) is 5.91 Å². The number of benzene rings is 1. The maximum Gasteiger partial charge on any atom is 0.287 e. The van der Waals surface area contributed by atoms with Gasteiger partial charge in [0.15, 0.2) is 0 Å². The minimum absolute atomic E-state index is 0.0183. The number of anilines is 1. The summed E-state index contributed by atoms with van der Waals surface area (Å²) >= 11 is 0. The van der Waals surface area contributed by atoms with Gasteiger partial charge in [-0.15, -0.1) is 0 Å². The number of aromatic nitrogens is 1. The van der Waals surface area contributed by atoms with Crippen LogP contribution < -0.4 is 10.6 Å². The van der Waals surface area contributed by atoms with Gasteiger partial charge < -0.3 is 20.1 Å².